The molecule has 8 heteroatoms. The van der Waals surface area contributed by atoms with Crippen molar-refractivity contribution < 1.29 is 19.2 Å². The molecule has 0 aromatic heterocycles. The van der Waals surface area contributed by atoms with E-state index in [4.69, 9.17) is 0 Å². The van der Waals surface area contributed by atoms with Gasteiger partial charge in [0.05, 0.1) is 0 Å². The smallest absolute Gasteiger partial charge is 0.322 e. The number of imide groups is 1. The number of carbonyl (C=O) groups is 4. The maximum atomic E-state index is 13.1. The Morgan fingerprint density at radius 3 is 2.72 bits per heavy atom. The number of hydrogen-bond acceptors (Lipinski definition) is 4. The third kappa shape index (κ3) is 3.51. The zero-order chi connectivity index (χ0) is 22.4. The predicted octanol–water partition coefficient (Wildman–Crippen LogP) is 2.68. The van der Waals surface area contributed by atoms with Gasteiger partial charge in [0.1, 0.15) is 6.04 Å². The number of anilines is 2. The van der Waals surface area contributed by atoms with Gasteiger partial charge in [0.25, 0.3) is 5.91 Å². The number of nitrogens with one attached hydrogen (secondary N) is 2. The summed E-state index contributed by atoms with van der Waals surface area (Å²) in [7, 11) is 0. The second-order valence-electron chi connectivity index (χ2n) is 8.75. The molecule has 3 aliphatic rings. The lowest BCUT2D eigenvalue weighted by molar-refractivity contribution is -0.136. The van der Waals surface area contributed by atoms with E-state index in [9.17, 15) is 19.2 Å². The van der Waals surface area contributed by atoms with E-state index in [1.807, 2.05) is 18.2 Å². The summed E-state index contributed by atoms with van der Waals surface area (Å²) in [5, 5.41) is 5.26. The van der Waals surface area contributed by atoms with E-state index in [-0.39, 0.29) is 30.8 Å². The third-order valence-corrected chi connectivity index (χ3v) is 6.36. The van der Waals surface area contributed by atoms with Crippen molar-refractivity contribution in [1.29, 1.82) is 0 Å². The first-order valence-electron chi connectivity index (χ1n) is 10.8. The summed E-state index contributed by atoms with van der Waals surface area (Å²) in [6.07, 6.45) is 1.48. The van der Waals surface area contributed by atoms with Gasteiger partial charge in [-0.2, -0.15) is 0 Å². The van der Waals surface area contributed by atoms with E-state index < -0.39 is 11.9 Å². The highest BCUT2D eigenvalue weighted by atomic mass is 16.2. The quantitative estimate of drug-likeness (QED) is 0.713. The normalized spacial score (nSPS) is 22.3. The zero-order valence-electron chi connectivity index (χ0n) is 17.8. The molecule has 164 valence electrons. The van der Waals surface area contributed by atoms with Crippen molar-refractivity contribution in [3.05, 3.63) is 59.2 Å². The van der Waals surface area contributed by atoms with Crippen LogP contribution in [0.15, 0.2) is 42.5 Å². The van der Waals surface area contributed by atoms with Crippen LogP contribution in [-0.2, 0) is 22.6 Å². The van der Waals surface area contributed by atoms with E-state index in [0.29, 0.717) is 30.1 Å². The lowest BCUT2D eigenvalue weighted by Gasteiger charge is -2.33. The Kier molecular flexibility index (Phi) is 4.92. The molecule has 8 nitrogen and oxygen atoms in total. The fraction of sp³-hybridized carbons (Fsp3) is 0.333. The molecule has 1 saturated heterocycles. The van der Waals surface area contributed by atoms with Crippen molar-refractivity contribution in [2.45, 2.75) is 38.8 Å². The van der Waals surface area contributed by atoms with Crippen LogP contribution in [0.5, 0.6) is 0 Å². The molecule has 2 aromatic carbocycles. The van der Waals surface area contributed by atoms with Crippen molar-refractivity contribution in [3.8, 4) is 0 Å². The first-order valence-corrected chi connectivity index (χ1v) is 10.8. The fourth-order valence-electron chi connectivity index (χ4n) is 4.83. The lowest BCUT2D eigenvalue weighted by atomic mass is 9.94. The van der Waals surface area contributed by atoms with E-state index in [1.54, 1.807) is 23.1 Å². The number of nitrogens with zero attached hydrogens (tertiary/aromatic N) is 2. The van der Waals surface area contributed by atoms with Crippen molar-refractivity contribution in [2.24, 2.45) is 5.92 Å². The van der Waals surface area contributed by atoms with Gasteiger partial charge in [-0.1, -0.05) is 25.1 Å². The number of fused-ring (bicyclic) bond motifs is 2. The number of amides is 5. The molecule has 1 fully saturated rings. The Balaban J connectivity index is 1.33. The molecular formula is C24H24N4O4. The molecular weight excluding hydrogens is 408 g/mol. The molecule has 5 rings (SSSR count). The van der Waals surface area contributed by atoms with Crippen molar-refractivity contribution in [2.75, 3.05) is 16.8 Å². The highest BCUT2D eigenvalue weighted by molar-refractivity contribution is 6.06. The van der Waals surface area contributed by atoms with Gasteiger partial charge < -0.3 is 10.2 Å². The summed E-state index contributed by atoms with van der Waals surface area (Å²) in [6, 6.07) is 12.2. The summed E-state index contributed by atoms with van der Waals surface area (Å²) < 4.78 is 0. The zero-order valence-corrected chi connectivity index (χ0v) is 17.8. The minimum Gasteiger partial charge on any atom is -0.322 e. The molecule has 2 aromatic rings. The van der Waals surface area contributed by atoms with Gasteiger partial charge in [-0.05, 0) is 54.2 Å². The Morgan fingerprint density at radius 1 is 1.09 bits per heavy atom. The van der Waals surface area contributed by atoms with Gasteiger partial charge in [-0.15, -0.1) is 0 Å². The van der Waals surface area contributed by atoms with Crippen LogP contribution in [0, 0.1) is 5.92 Å². The average Bonchev–Trinajstić information content (AvgIpc) is 3.08. The van der Waals surface area contributed by atoms with Crippen LogP contribution >= 0.6 is 0 Å². The summed E-state index contributed by atoms with van der Waals surface area (Å²) in [4.78, 5) is 52.8. The van der Waals surface area contributed by atoms with Crippen molar-refractivity contribution in [1.82, 2.24) is 10.2 Å². The Hall–Kier alpha value is -3.68. The van der Waals surface area contributed by atoms with E-state index in [1.165, 1.54) is 4.90 Å². The molecule has 2 atom stereocenters. The highest BCUT2D eigenvalue weighted by Gasteiger charge is 2.39. The molecule has 3 heterocycles. The van der Waals surface area contributed by atoms with Crippen LogP contribution in [0.1, 0.15) is 41.3 Å². The number of para-hydroxylation sites is 1. The first-order chi connectivity index (χ1) is 15.4. The summed E-state index contributed by atoms with van der Waals surface area (Å²) >= 11 is 0. The molecule has 2 unspecified atom stereocenters. The minimum absolute atomic E-state index is 0.213. The number of urea groups is 1. The van der Waals surface area contributed by atoms with Crippen LogP contribution in [0.3, 0.4) is 0 Å². The SMILES string of the molecule is CC1Cc2ccccc2N(C(=O)Nc2ccc3c(c2)CN(C2CCC(=O)NC2=O)C3=O)C1. The van der Waals surface area contributed by atoms with Gasteiger partial charge in [0, 0.05) is 36.4 Å². The number of rotatable bonds is 2. The van der Waals surface area contributed by atoms with Crippen LogP contribution < -0.4 is 15.5 Å². The van der Waals surface area contributed by atoms with Gasteiger partial charge in [-0.25, -0.2) is 4.79 Å². The van der Waals surface area contributed by atoms with Crippen molar-refractivity contribution in [3.63, 3.8) is 0 Å². The topological polar surface area (TPSA) is 98.8 Å². The Bertz CT molecular complexity index is 1140. The van der Waals surface area contributed by atoms with Crippen LogP contribution in [-0.4, -0.2) is 41.2 Å². The molecule has 32 heavy (non-hydrogen) atoms. The average molecular weight is 432 g/mol. The highest BCUT2D eigenvalue weighted by Crippen LogP contribution is 2.32. The largest absolute Gasteiger partial charge is 0.326 e. The van der Waals surface area contributed by atoms with E-state index in [0.717, 1.165) is 23.2 Å². The monoisotopic (exact) mass is 432 g/mol. The van der Waals surface area contributed by atoms with Gasteiger partial charge >= 0.3 is 6.03 Å². The fourth-order valence-corrected chi connectivity index (χ4v) is 4.83. The van der Waals surface area contributed by atoms with Gasteiger partial charge in [0.2, 0.25) is 11.8 Å². The summed E-state index contributed by atoms with van der Waals surface area (Å²) in [6.45, 7) is 3.03. The second kappa shape index (κ2) is 7.78. The minimum atomic E-state index is -0.656. The maximum absolute atomic E-state index is 13.1. The molecule has 0 radical (unpaired) electrons. The maximum Gasteiger partial charge on any atom is 0.326 e. The number of hydrogen-bond donors (Lipinski definition) is 2. The lowest BCUT2D eigenvalue weighted by Crippen LogP contribution is -2.52. The molecule has 0 aliphatic carbocycles. The van der Waals surface area contributed by atoms with Crippen molar-refractivity contribution >= 4 is 35.1 Å². The van der Waals surface area contributed by atoms with Crippen LogP contribution in [0.25, 0.3) is 0 Å². The van der Waals surface area contributed by atoms with Gasteiger partial charge in [-0.3, -0.25) is 24.6 Å². The summed E-state index contributed by atoms with van der Waals surface area (Å²) in [5.41, 5.74) is 3.95. The molecule has 3 aliphatic heterocycles. The number of piperidine rings is 1. The molecule has 0 spiro atoms. The van der Waals surface area contributed by atoms with Crippen LogP contribution in [0.2, 0.25) is 0 Å². The first kappa shape index (κ1) is 20.2. The van der Waals surface area contributed by atoms with E-state index >= 15 is 0 Å². The Morgan fingerprint density at radius 2 is 1.91 bits per heavy atom. The number of benzene rings is 2. The summed E-state index contributed by atoms with van der Waals surface area (Å²) in [5.74, 6) is -0.621. The van der Waals surface area contributed by atoms with Gasteiger partial charge in [0.15, 0.2) is 0 Å². The molecule has 0 saturated carbocycles. The van der Waals surface area contributed by atoms with Crippen LogP contribution in [0.4, 0.5) is 16.2 Å². The number of carbonyl (C=O) groups excluding carboxylic acids is 4. The third-order valence-electron chi connectivity index (χ3n) is 6.36. The molecule has 0 bridgehead atoms. The Labute approximate surface area is 185 Å². The molecule has 5 amide bonds. The van der Waals surface area contributed by atoms with E-state index in [2.05, 4.69) is 23.6 Å². The second-order valence-corrected chi connectivity index (χ2v) is 8.75. The standard InChI is InChI=1S/C24H24N4O4/c1-14-10-15-4-2-3-5-19(15)28(12-14)24(32)25-17-6-7-18-16(11-17)13-27(23(18)31)20-8-9-21(29)26-22(20)30/h2-7,11,14,20H,8-10,12-13H2,1H3,(H,25,32)(H,26,29,30). The predicted molar refractivity (Wildman–Crippen MR) is 118 cm³/mol. The molecule has 2 N–H and O–H groups in total.